The molecule has 0 fully saturated rings. The summed E-state index contributed by atoms with van der Waals surface area (Å²) in [5.41, 5.74) is 0.441. The lowest BCUT2D eigenvalue weighted by molar-refractivity contribution is -0.860. The van der Waals surface area contributed by atoms with Crippen LogP contribution in [0.5, 0.6) is 0 Å². The van der Waals surface area contributed by atoms with Crippen molar-refractivity contribution in [3.05, 3.63) is 29.0 Å². The third-order valence-electron chi connectivity index (χ3n) is 3.00. The average Bonchev–Trinajstić information content (AvgIpc) is 2.37. The van der Waals surface area contributed by atoms with Crippen LogP contribution in [-0.4, -0.2) is 39.1 Å². The topological polar surface area (TPSA) is 50.2 Å². The first-order valence-corrected chi connectivity index (χ1v) is 7.16. The van der Waals surface area contributed by atoms with Crippen LogP contribution >= 0.6 is 11.6 Å². The highest BCUT2D eigenvalue weighted by atomic mass is 35.5. The second-order valence-corrected chi connectivity index (χ2v) is 5.64. The molecule has 0 aliphatic heterocycles. The van der Waals surface area contributed by atoms with Gasteiger partial charge in [-0.25, -0.2) is 4.39 Å². The van der Waals surface area contributed by atoms with Crippen LogP contribution in [0, 0.1) is 5.82 Å². The number of anilines is 1. The fourth-order valence-corrected chi connectivity index (χ4v) is 1.98. The summed E-state index contributed by atoms with van der Waals surface area (Å²) >= 11 is 5.87. The van der Waals surface area contributed by atoms with Crippen LogP contribution in [-0.2, 0) is 4.79 Å². The summed E-state index contributed by atoms with van der Waals surface area (Å²) in [7, 11) is 4.21. The molecule has 0 saturated heterocycles. The van der Waals surface area contributed by atoms with Gasteiger partial charge in [0.2, 0.25) is 0 Å². The first kappa shape index (κ1) is 16.9. The summed E-state index contributed by atoms with van der Waals surface area (Å²) in [4.78, 5) is 13.4. The van der Waals surface area contributed by atoms with Gasteiger partial charge >= 0.3 is 0 Å². The van der Waals surface area contributed by atoms with Crippen molar-refractivity contribution in [2.45, 2.75) is 19.4 Å². The highest BCUT2D eigenvalue weighted by Crippen LogP contribution is 2.22. The lowest BCUT2D eigenvalue weighted by atomic mass is 10.2. The minimum absolute atomic E-state index is 0.129. The molecule has 0 heterocycles. The Morgan fingerprint density at radius 2 is 2.20 bits per heavy atom. The lowest BCUT2D eigenvalue weighted by Crippen LogP contribution is -3.06. The van der Waals surface area contributed by atoms with Gasteiger partial charge in [0.15, 0.2) is 6.04 Å². The highest BCUT2D eigenvalue weighted by molar-refractivity contribution is 6.33. The lowest BCUT2D eigenvalue weighted by Gasteiger charge is -2.13. The van der Waals surface area contributed by atoms with E-state index < -0.39 is 5.82 Å². The minimum atomic E-state index is -0.418. The normalized spacial score (nSPS) is 12.5. The molecule has 6 heteroatoms. The molecular formula is C14H23ClFN3O+2. The van der Waals surface area contributed by atoms with Crippen molar-refractivity contribution >= 4 is 23.2 Å². The van der Waals surface area contributed by atoms with Crippen LogP contribution < -0.4 is 15.5 Å². The summed E-state index contributed by atoms with van der Waals surface area (Å²) < 4.78 is 12.9. The fraction of sp³-hybridized carbons (Fsp3) is 0.500. The average molecular weight is 304 g/mol. The monoisotopic (exact) mass is 303 g/mol. The van der Waals surface area contributed by atoms with E-state index in [1.165, 1.54) is 23.1 Å². The van der Waals surface area contributed by atoms with Gasteiger partial charge < -0.3 is 15.5 Å². The molecule has 4 nitrogen and oxygen atoms in total. The Balaban J connectivity index is 2.41. The molecular weight excluding hydrogens is 281 g/mol. The van der Waals surface area contributed by atoms with Gasteiger partial charge in [0.05, 0.1) is 37.9 Å². The van der Waals surface area contributed by atoms with Crippen molar-refractivity contribution in [2.24, 2.45) is 0 Å². The third-order valence-corrected chi connectivity index (χ3v) is 3.32. The molecule has 0 radical (unpaired) electrons. The van der Waals surface area contributed by atoms with E-state index in [-0.39, 0.29) is 17.0 Å². The fourth-order valence-electron chi connectivity index (χ4n) is 1.77. The summed E-state index contributed by atoms with van der Waals surface area (Å²) in [5, 5.41) is 4.92. The molecule has 0 bridgehead atoms. The highest BCUT2D eigenvalue weighted by Gasteiger charge is 2.17. The second-order valence-electron chi connectivity index (χ2n) is 5.24. The SMILES string of the molecule is C[C@H]([NH2+]CCC[NH+](C)C)C(=O)Nc1ccc(F)cc1Cl. The summed E-state index contributed by atoms with van der Waals surface area (Å²) in [6.07, 6.45) is 1.05. The predicted molar refractivity (Wildman–Crippen MR) is 78.6 cm³/mol. The molecule has 0 unspecified atom stereocenters. The number of hydrogen-bond acceptors (Lipinski definition) is 1. The number of nitrogens with one attached hydrogen (secondary N) is 2. The first-order chi connectivity index (χ1) is 9.40. The standard InChI is InChI=1S/C14H21ClFN3O/c1-10(17-7-4-8-19(2)3)14(20)18-13-6-5-11(16)9-12(13)15/h5-6,9-10,17H,4,7-8H2,1-3H3,(H,18,20)/p+2/t10-/m0/s1. The molecule has 0 spiro atoms. The van der Waals surface area contributed by atoms with Gasteiger partial charge in [0, 0.05) is 6.42 Å². The molecule has 4 N–H and O–H groups in total. The van der Waals surface area contributed by atoms with E-state index in [1.54, 1.807) is 0 Å². The Labute approximate surface area is 124 Å². The van der Waals surface area contributed by atoms with Gasteiger partial charge in [-0.05, 0) is 25.1 Å². The van der Waals surface area contributed by atoms with Gasteiger partial charge in [0.25, 0.3) is 5.91 Å². The first-order valence-electron chi connectivity index (χ1n) is 6.78. The largest absolute Gasteiger partial charge is 0.340 e. The molecule has 0 aromatic heterocycles. The van der Waals surface area contributed by atoms with Crippen molar-refractivity contribution < 1.29 is 19.4 Å². The van der Waals surface area contributed by atoms with Gasteiger partial charge in [-0.1, -0.05) is 11.6 Å². The number of rotatable bonds is 7. The number of nitrogens with two attached hydrogens (primary N) is 1. The van der Waals surface area contributed by atoms with E-state index in [0.717, 1.165) is 19.5 Å². The minimum Gasteiger partial charge on any atom is -0.340 e. The zero-order valence-electron chi connectivity index (χ0n) is 12.2. The second kappa shape index (κ2) is 8.19. The maximum atomic E-state index is 12.9. The van der Waals surface area contributed by atoms with E-state index in [1.807, 2.05) is 12.2 Å². The molecule has 0 saturated carbocycles. The van der Waals surface area contributed by atoms with E-state index in [4.69, 9.17) is 11.6 Å². The Morgan fingerprint density at radius 3 is 2.80 bits per heavy atom. The van der Waals surface area contributed by atoms with E-state index in [9.17, 15) is 9.18 Å². The summed E-state index contributed by atoms with van der Waals surface area (Å²) in [5.74, 6) is -0.547. The molecule has 0 aliphatic rings. The van der Waals surface area contributed by atoms with Crippen molar-refractivity contribution in [1.82, 2.24) is 0 Å². The van der Waals surface area contributed by atoms with Crippen LogP contribution in [0.4, 0.5) is 10.1 Å². The third kappa shape index (κ3) is 5.86. The zero-order valence-corrected chi connectivity index (χ0v) is 12.9. The summed E-state index contributed by atoms with van der Waals surface area (Å²) in [6, 6.07) is 3.73. The maximum absolute atomic E-state index is 12.9. The number of benzene rings is 1. The number of carbonyl (C=O) groups is 1. The van der Waals surface area contributed by atoms with Gasteiger partial charge in [-0.15, -0.1) is 0 Å². The van der Waals surface area contributed by atoms with E-state index in [0.29, 0.717) is 5.69 Å². The zero-order chi connectivity index (χ0) is 15.1. The molecule has 1 atom stereocenters. The molecule has 0 aliphatic carbocycles. The van der Waals surface area contributed by atoms with Crippen molar-refractivity contribution in [3.63, 3.8) is 0 Å². The van der Waals surface area contributed by atoms with Gasteiger partial charge in [-0.3, -0.25) is 4.79 Å². The van der Waals surface area contributed by atoms with Crippen LogP contribution in [0.3, 0.4) is 0 Å². The molecule has 1 aromatic rings. The molecule has 1 rings (SSSR count). The van der Waals surface area contributed by atoms with Crippen LogP contribution in [0.1, 0.15) is 13.3 Å². The molecule has 20 heavy (non-hydrogen) atoms. The maximum Gasteiger partial charge on any atom is 0.282 e. The van der Waals surface area contributed by atoms with Crippen molar-refractivity contribution in [3.8, 4) is 0 Å². The molecule has 1 amide bonds. The van der Waals surface area contributed by atoms with Crippen molar-refractivity contribution in [1.29, 1.82) is 0 Å². The Hall–Kier alpha value is -1.17. The Bertz CT molecular complexity index is 454. The van der Waals surface area contributed by atoms with Crippen LogP contribution in [0.2, 0.25) is 5.02 Å². The van der Waals surface area contributed by atoms with Crippen LogP contribution in [0.15, 0.2) is 18.2 Å². The van der Waals surface area contributed by atoms with Gasteiger partial charge in [-0.2, -0.15) is 0 Å². The van der Waals surface area contributed by atoms with Crippen molar-refractivity contribution in [2.75, 3.05) is 32.5 Å². The van der Waals surface area contributed by atoms with Gasteiger partial charge in [0.1, 0.15) is 5.82 Å². The van der Waals surface area contributed by atoms with Crippen LogP contribution in [0.25, 0.3) is 0 Å². The number of hydrogen-bond donors (Lipinski definition) is 3. The Morgan fingerprint density at radius 1 is 1.50 bits per heavy atom. The number of halogens is 2. The molecule has 112 valence electrons. The number of amides is 1. The smallest absolute Gasteiger partial charge is 0.282 e. The Kier molecular flexibility index (Phi) is 6.91. The quantitative estimate of drug-likeness (QED) is 0.606. The van der Waals surface area contributed by atoms with E-state index >= 15 is 0 Å². The molecule has 1 aromatic carbocycles. The number of carbonyl (C=O) groups excluding carboxylic acids is 1. The number of quaternary nitrogens is 2. The summed E-state index contributed by atoms with van der Waals surface area (Å²) in [6.45, 7) is 3.82. The van der Waals surface area contributed by atoms with E-state index in [2.05, 4.69) is 19.4 Å². The predicted octanol–water partition coefficient (Wildman–Crippen LogP) is -0.0959.